The van der Waals surface area contributed by atoms with Gasteiger partial charge in [0.1, 0.15) is 0 Å². The van der Waals surface area contributed by atoms with Crippen LogP contribution < -0.4 is 10.9 Å². The molecule has 5 heteroatoms. The summed E-state index contributed by atoms with van der Waals surface area (Å²) in [6.45, 7) is 6.40. The van der Waals surface area contributed by atoms with Crippen molar-refractivity contribution in [3.05, 3.63) is 34.6 Å². The Balaban J connectivity index is 2.08. The Labute approximate surface area is 124 Å². The lowest BCUT2D eigenvalue weighted by Crippen LogP contribution is -2.34. The third-order valence-corrected chi connectivity index (χ3v) is 3.51. The Kier molecular flexibility index (Phi) is 4.63. The molecular formula is C16H23N3O2. The monoisotopic (exact) mass is 289 g/mol. The van der Waals surface area contributed by atoms with Crippen molar-refractivity contribution >= 4 is 16.9 Å². The minimum atomic E-state index is -0.825. The van der Waals surface area contributed by atoms with E-state index >= 15 is 0 Å². The highest BCUT2D eigenvalue weighted by Gasteiger charge is 2.20. The van der Waals surface area contributed by atoms with Gasteiger partial charge in [-0.3, -0.25) is 9.78 Å². The lowest BCUT2D eigenvalue weighted by molar-refractivity contribution is 0.0584. The molecule has 1 aromatic heterocycles. The number of hydrogen-bond acceptors (Lipinski definition) is 4. The summed E-state index contributed by atoms with van der Waals surface area (Å²) in [5, 5.41) is 13.9. The van der Waals surface area contributed by atoms with Gasteiger partial charge in [-0.1, -0.05) is 26.0 Å². The SMILES string of the molecule is CC(C)CCC(C)(O)CNc1nc2ccccc2c(=O)[nH]1. The molecule has 1 heterocycles. The number of rotatable bonds is 6. The number of H-pyrrole nitrogens is 1. The van der Waals surface area contributed by atoms with Crippen molar-refractivity contribution in [3.63, 3.8) is 0 Å². The molecule has 0 fully saturated rings. The van der Waals surface area contributed by atoms with Crippen molar-refractivity contribution in [2.45, 2.75) is 39.2 Å². The van der Waals surface area contributed by atoms with Crippen molar-refractivity contribution in [3.8, 4) is 0 Å². The summed E-state index contributed by atoms with van der Waals surface area (Å²) in [7, 11) is 0. The van der Waals surface area contributed by atoms with Gasteiger partial charge >= 0.3 is 0 Å². The second-order valence-corrected chi connectivity index (χ2v) is 6.21. The molecule has 3 N–H and O–H groups in total. The Morgan fingerprint density at radius 1 is 1.38 bits per heavy atom. The average Bonchev–Trinajstić information content (AvgIpc) is 2.43. The van der Waals surface area contributed by atoms with E-state index in [-0.39, 0.29) is 5.56 Å². The number of para-hydroxylation sites is 1. The van der Waals surface area contributed by atoms with Crippen molar-refractivity contribution in [2.24, 2.45) is 5.92 Å². The van der Waals surface area contributed by atoms with Crippen molar-refractivity contribution in [1.82, 2.24) is 9.97 Å². The largest absolute Gasteiger partial charge is 0.388 e. The number of aliphatic hydroxyl groups is 1. The summed E-state index contributed by atoms with van der Waals surface area (Å²) < 4.78 is 0. The third kappa shape index (κ3) is 4.29. The Morgan fingerprint density at radius 3 is 2.81 bits per heavy atom. The van der Waals surface area contributed by atoms with E-state index < -0.39 is 5.60 Å². The highest BCUT2D eigenvalue weighted by atomic mass is 16.3. The van der Waals surface area contributed by atoms with Gasteiger partial charge < -0.3 is 10.4 Å². The van der Waals surface area contributed by atoms with Gasteiger partial charge in [-0.2, -0.15) is 0 Å². The molecule has 5 nitrogen and oxygen atoms in total. The summed E-state index contributed by atoms with van der Waals surface area (Å²) >= 11 is 0. The average molecular weight is 289 g/mol. The van der Waals surface area contributed by atoms with Crippen LogP contribution in [0.5, 0.6) is 0 Å². The Bertz CT molecular complexity index is 662. The van der Waals surface area contributed by atoms with Crippen LogP contribution in [0.15, 0.2) is 29.1 Å². The zero-order valence-electron chi connectivity index (χ0n) is 12.8. The summed E-state index contributed by atoms with van der Waals surface area (Å²) in [5.74, 6) is 0.943. The predicted molar refractivity (Wildman–Crippen MR) is 85.5 cm³/mol. The lowest BCUT2D eigenvalue weighted by Gasteiger charge is -2.24. The minimum Gasteiger partial charge on any atom is -0.388 e. The van der Waals surface area contributed by atoms with Gasteiger partial charge in [-0.15, -0.1) is 0 Å². The number of nitrogens with one attached hydrogen (secondary N) is 2. The predicted octanol–water partition coefficient (Wildman–Crippen LogP) is 2.52. The number of hydrogen-bond donors (Lipinski definition) is 3. The fraction of sp³-hybridized carbons (Fsp3) is 0.500. The summed E-state index contributed by atoms with van der Waals surface area (Å²) in [6.07, 6.45) is 1.66. The van der Waals surface area contributed by atoms with Crippen LogP contribution in [-0.4, -0.2) is 27.2 Å². The van der Waals surface area contributed by atoms with Crippen LogP contribution in [0.25, 0.3) is 10.9 Å². The molecule has 0 saturated carbocycles. The molecule has 1 unspecified atom stereocenters. The van der Waals surface area contributed by atoms with Crippen LogP contribution in [0.2, 0.25) is 0 Å². The van der Waals surface area contributed by atoms with Crippen molar-refractivity contribution < 1.29 is 5.11 Å². The van der Waals surface area contributed by atoms with Crippen LogP contribution in [0, 0.1) is 5.92 Å². The van der Waals surface area contributed by atoms with Gasteiger partial charge in [-0.05, 0) is 37.8 Å². The molecule has 0 radical (unpaired) electrons. The second kappa shape index (κ2) is 6.26. The molecule has 114 valence electrons. The van der Waals surface area contributed by atoms with Crippen molar-refractivity contribution in [2.75, 3.05) is 11.9 Å². The summed E-state index contributed by atoms with van der Waals surface area (Å²) in [6, 6.07) is 7.19. The van der Waals surface area contributed by atoms with E-state index in [0.717, 1.165) is 6.42 Å². The summed E-state index contributed by atoms with van der Waals surface area (Å²) in [5.41, 5.74) is -0.357. The highest BCUT2D eigenvalue weighted by molar-refractivity contribution is 5.78. The number of benzene rings is 1. The standard InChI is InChI=1S/C16H23N3O2/c1-11(2)8-9-16(3,21)10-17-15-18-13-7-5-4-6-12(13)14(20)19-15/h4-7,11,21H,8-10H2,1-3H3,(H2,17,18,19,20). The molecule has 2 rings (SSSR count). The maximum absolute atomic E-state index is 11.9. The van der Waals surface area contributed by atoms with Crippen LogP contribution >= 0.6 is 0 Å². The highest BCUT2D eigenvalue weighted by Crippen LogP contribution is 2.17. The first-order valence-corrected chi connectivity index (χ1v) is 7.33. The molecule has 0 spiro atoms. The molecule has 0 bridgehead atoms. The zero-order chi connectivity index (χ0) is 15.5. The van der Waals surface area contributed by atoms with Crippen LogP contribution in [0.1, 0.15) is 33.6 Å². The lowest BCUT2D eigenvalue weighted by atomic mass is 9.95. The van der Waals surface area contributed by atoms with Crippen LogP contribution in [0.4, 0.5) is 5.95 Å². The van der Waals surface area contributed by atoms with E-state index in [1.54, 1.807) is 19.1 Å². The Morgan fingerprint density at radius 2 is 2.10 bits per heavy atom. The molecular weight excluding hydrogens is 266 g/mol. The number of nitrogens with zero attached hydrogens (tertiary/aromatic N) is 1. The first-order valence-electron chi connectivity index (χ1n) is 7.33. The maximum Gasteiger partial charge on any atom is 0.260 e. The fourth-order valence-electron chi connectivity index (χ4n) is 2.13. The van der Waals surface area contributed by atoms with E-state index in [9.17, 15) is 9.90 Å². The van der Waals surface area contributed by atoms with Crippen LogP contribution in [-0.2, 0) is 0 Å². The molecule has 1 aromatic carbocycles. The number of anilines is 1. The van der Waals surface area contributed by atoms with E-state index in [4.69, 9.17) is 0 Å². The van der Waals surface area contributed by atoms with Gasteiger partial charge in [0.15, 0.2) is 0 Å². The molecule has 2 aromatic rings. The molecule has 0 amide bonds. The fourth-order valence-corrected chi connectivity index (χ4v) is 2.13. The molecule has 0 aliphatic rings. The van der Waals surface area contributed by atoms with E-state index in [0.29, 0.717) is 35.7 Å². The van der Waals surface area contributed by atoms with E-state index in [1.165, 1.54) is 0 Å². The normalized spacial score (nSPS) is 14.3. The quantitative estimate of drug-likeness (QED) is 0.763. The second-order valence-electron chi connectivity index (χ2n) is 6.21. The molecule has 0 aliphatic carbocycles. The topological polar surface area (TPSA) is 78.0 Å². The molecule has 0 saturated heterocycles. The first-order chi connectivity index (χ1) is 9.87. The van der Waals surface area contributed by atoms with E-state index in [1.807, 2.05) is 12.1 Å². The summed E-state index contributed by atoms with van der Waals surface area (Å²) in [4.78, 5) is 19.0. The van der Waals surface area contributed by atoms with Gasteiger partial charge in [0.05, 0.1) is 16.5 Å². The first kappa shape index (κ1) is 15.5. The zero-order valence-corrected chi connectivity index (χ0v) is 12.8. The third-order valence-electron chi connectivity index (χ3n) is 3.51. The van der Waals surface area contributed by atoms with Gasteiger partial charge in [0.25, 0.3) is 5.56 Å². The number of fused-ring (bicyclic) bond motifs is 1. The van der Waals surface area contributed by atoms with Gasteiger partial charge in [0.2, 0.25) is 5.95 Å². The molecule has 0 aliphatic heterocycles. The molecule has 21 heavy (non-hydrogen) atoms. The number of aromatic amines is 1. The van der Waals surface area contributed by atoms with Gasteiger partial charge in [0, 0.05) is 6.54 Å². The van der Waals surface area contributed by atoms with E-state index in [2.05, 4.69) is 29.1 Å². The van der Waals surface area contributed by atoms with Crippen molar-refractivity contribution in [1.29, 1.82) is 0 Å². The number of aromatic nitrogens is 2. The van der Waals surface area contributed by atoms with Crippen LogP contribution in [0.3, 0.4) is 0 Å². The maximum atomic E-state index is 11.9. The van der Waals surface area contributed by atoms with Gasteiger partial charge in [-0.25, -0.2) is 4.98 Å². The minimum absolute atomic E-state index is 0.176. The Hall–Kier alpha value is -1.88. The smallest absolute Gasteiger partial charge is 0.260 e. The molecule has 1 atom stereocenters.